The monoisotopic (exact) mass is 447 g/mol. The van der Waals surface area contributed by atoms with Gasteiger partial charge in [-0.15, -0.1) is 0 Å². The minimum absolute atomic E-state index is 0.293. The van der Waals surface area contributed by atoms with Gasteiger partial charge in [-0.25, -0.2) is 4.90 Å². The molecule has 0 aliphatic carbocycles. The normalized spacial score (nSPS) is 14.0. The Morgan fingerprint density at radius 1 is 0.742 bits per heavy atom. The van der Waals surface area contributed by atoms with Gasteiger partial charge in [0.2, 0.25) is 0 Å². The Morgan fingerprint density at radius 3 is 2.00 bits per heavy atom. The molecule has 3 nitrogen and oxygen atoms in total. The van der Waals surface area contributed by atoms with E-state index in [4.69, 9.17) is 11.6 Å². The molecule has 1 heterocycles. The summed E-state index contributed by atoms with van der Waals surface area (Å²) in [5, 5.41) is 0.624. The van der Waals surface area contributed by atoms with Crippen LogP contribution < -0.4 is 4.90 Å². The van der Waals surface area contributed by atoms with Crippen LogP contribution in [0.3, 0.4) is 0 Å². The molecule has 0 spiro atoms. The molecule has 3 aromatic rings. The van der Waals surface area contributed by atoms with Crippen molar-refractivity contribution < 1.29 is 9.59 Å². The van der Waals surface area contributed by atoms with E-state index in [0.29, 0.717) is 21.2 Å². The molecule has 0 unspecified atom stereocenters. The van der Waals surface area contributed by atoms with Crippen molar-refractivity contribution in [3.8, 4) is 0 Å². The van der Waals surface area contributed by atoms with Crippen molar-refractivity contribution in [1.82, 2.24) is 0 Å². The lowest BCUT2D eigenvalue weighted by molar-refractivity contribution is -0.119. The first-order valence-electron chi connectivity index (χ1n) is 9.97. The van der Waals surface area contributed by atoms with E-state index in [1.54, 1.807) is 12.1 Å². The maximum absolute atomic E-state index is 13.6. The van der Waals surface area contributed by atoms with Crippen LogP contribution >= 0.6 is 23.4 Å². The third kappa shape index (κ3) is 4.18. The summed E-state index contributed by atoms with van der Waals surface area (Å²) in [6.45, 7) is 7.90. The molecule has 0 fully saturated rings. The number of imide groups is 1. The van der Waals surface area contributed by atoms with Crippen LogP contribution in [0.5, 0.6) is 0 Å². The molecule has 156 valence electrons. The Kier molecular flexibility index (Phi) is 5.78. The number of carbonyl (C=O) groups excluding carboxylic acids is 2. The molecular weight excluding hydrogens is 426 g/mol. The van der Waals surface area contributed by atoms with Crippen LogP contribution in [-0.2, 0) is 9.59 Å². The van der Waals surface area contributed by atoms with Gasteiger partial charge in [-0.3, -0.25) is 9.59 Å². The van der Waals surface area contributed by atoms with Gasteiger partial charge in [-0.1, -0.05) is 53.2 Å². The Hall–Kier alpha value is -2.82. The van der Waals surface area contributed by atoms with Crippen LogP contribution in [0.4, 0.5) is 5.69 Å². The summed E-state index contributed by atoms with van der Waals surface area (Å²) in [6, 6.07) is 19.0. The van der Waals surface area contributed by atoms with Gasteiger partial charge in [0.15, 0.2) is 0 Å². The highest BCUT2D eigenvalue weighted by molar-refractivity contribution is 8.04. The number of carbonyl (C=O) groups is 2. The summed E-state index contributed by atoms with van der Waals surface area (Å²) in [7, 11) is 0. The van der Waals surface area contributed by atoms with Crippen molar-refractivity contribution in [1.29, 1.82) is 0 Å². The first-order chi connectivity index (χ1) is 14.7. The number of anilines is 1. The fraction of sp³-hybridized carbons (Fsp3) is 0.154. The Bertz CT molecular complexity index is 1220. The SMILES string of the molecule is Cc1cc(C)cc(N2C(=O)C(Sc3ccc(Cl)cc3)=C(c3ccc(C)cc3C)C2=O)c1. The lowest BCUT2D eigenvalue weighted by atomic mass is 9.98. The first-order valence-corrected chi connectivity index (χ1v) is 11.2. The minimum atomic E-state index is -0.301. The quantitative estimate of drug-likeness (QED) is 0.420. The predicted octanol–water partition coefficient (Wildman–Crippen LogP) is 6.65. The smallest absolute Gasteiger partial charge is 0.268 e. The van der Waals surface area contributed by atoms with Crippen LogP contribution in [0.15, 0.2) is 70.5 Å². The van der Waals surface area contributed by atoms with Gasteiger partial charge in [0.05, 0.1) is 16.2 Å². The molecule has 0 bridgehead atoms. The third-order valence-electron chi connectivity index (χ3n) is 5.19. The van der Waals surface area contributed by atoms with E-state index in [9.17, 15) is 9.59 Å². The molecule has 31 heavy (non-hydrogen) atoms. The number of thioether (sulfide) groups is 1. The Balaban J connectivity index is 1.87. The standard InChI is InChI=1S/C26H22ClNO2S/c1-15-5-10-22(18(4)12-15)23-24(31-21-8-6-19(27)7-9-21)26(30)28(25(23)29)20-13-16(2)11-17(3)14-20/h5-14H,1-4H3. The average molecular weight is 448 g/mol. The molecule has 0 atom stereocenters. The van der Waals surface area contributed by atoms with Gasteiger partial charge < -0.3 is 0 Å². The molecule has 4 rings (SSSR count). The van der Waals surface area contributed by atoms with Crippen LogP contribution in [0.1, 0.15) is 27.8 Å². The molecule has 0 saturated heterocycles. The molecule has 2 amide bonds. The van der Waals surface area contributed by atoms with Gasteiger partial charge in [-0.2, -0.15) is 0 Å². The third-order valence-corrected chi connectivity index (χ3v) is 6.53. The van der Waals surface area contributed by atoms with E-state index < -0.39 is 0 Å². The summed E-state index contributed by atoms with van der Waals surface area (Å²) in [5.41, 5.74) is 5.91. The summed E-state index contributed by atoms with van der Waals surface area (Å²) in [6.07, 6.45) is 0. The molecule has 0 radical (unpaired) electrons. The highest BCUT2D eigenvalue weighted by Gasteiger charge is 2.41. The lowest BCUT2D eigenvalue weighted by Gasteiger charge is -2.17. The van der Waals surface area contributed by atoms with E-state index in [1.807, 2.05) is 76.2 Å². The number of halogens is 1. The fourth-order valence-corrected chi connectivity index (χ4v) is 4.98. The molecular formula is C26H22ClNO2S. The number of hydrogen-bond acceptors (Lipinski definition) is 3. The number of aryl methyl sites for hydroxylation is 4. The number of benzene rings is 3. The lowest BCUT2D eigenvalue weighted by Crippen LogP contribution is -2.31. The van der Waals surface area contributed by atoms with E-state index in [1.165, 1.54) is 16.7 Å². The Labute approximate surface area is 191 Å². The number of rotatable bonds is 4. The van der Waals surface area contributed by atoms with Crippen LogP contribution in [-0.4, -0.2) is 11.8 Å². The molecule has 0 aromatic heterocycles. The number of amides is 2. The summed E-state index contributed by atoms with van der Waals surface area (Å²) >= 11 is 7.33. The second-order valence-electron chi connectivity index (χ2n) is 7.87. The van der Waals surface area contributed by atoms with Crippen molar-refractivity contribution in [2.24, 2.45) is 0 Å². The molecule has 5 heteroatoms. The minimum Gasteiger partial charge on any atom is -0.268 e. The summed E-state index contributed by atoms with van der Waals surface area (Å²) in [5.74, 6) is -0.594. The van der Waals surface area contributed by atoms with Crippen molar-refractivity contribution >= 4 is 46.4 Å². The van der Waals surface area contributed by atoms with Crippen molar-refractivity contribution in [3.05, 3.63) is 98.4 Å². The maximum atomic E-state index is 13.6. The number of hydrogen-bond donors (Lipinski definition) is 0. The van der Waals surface area contributed by atoms with Crippen molar-refractivity contribution in [2.45, 2.75) is 32.6 Å². The van der Waals surface area contributed by atoms with Crippen molar-refractivity contribution in [3.63, 3.8) is 0 Å². The molecule has 0 N–H and O–H groups in total. The van der Waals surface area contributed by atoms with Crippen LogP contribution in [0.2, 0.25) is 5.02 Å². The number of nitrogens with zero attached hydrogens (tertiary/aromatic N) is 1. The summed E-state index contributed by atoms with van der Waals surface area (Å²) < 4.78 is 0. The summed E-state index contributed by atoms with van der Waals surface area (Å²) in [4.78, 5) is 29.8. The Morgan fingerprint density at radius 2 is 1.39 bits per heavy atom. The van der Waals surface area contributed by atoms with Gasteiger partial charge in [-0.05, 0) is 86.3 Å². The molecule has 3 aromatic carbocycles. The fourth-order valence-electron chi connectivity index (χ4n) is 3.87. The van der Waals surface area contributed by atoms with E-state index >= 15 is 0 Å². The predicted molar refractivity (Wildman–Crippen MR) is 129 cm³/mol. The first kappa shape index (κ1) is 21.4. The van der Waals surface area contributed by atoms with Gasteiger partial charge in [0.25, 0.3) is 11.8 Å². The van der Waals surface area contributed by atoms with Gasteiger partial charge >= 0.3 is 0 Å². The highest BCUT2D eigenvalue weighted by atomic mass is 35.5. The van der Waals surface area contributed by atoms with E-state index in [-0.39, 0.29) is 11.8 Å². The highest BCUT2D eigenvalue weighted by Crippen LogP contribution is 2.42. The van der Waals surface area contributed by atoms with E-state index in [2.05, 4.69) is 0 Å². The van der Waals surface area contributed by atoms with Crippen molar-refractivity contribution in [2.75, 3.05) is 4.90 Å². The molecule has 1 aliphatic rings. The van der Waals surface area contributed by atoms with Gasteiger partial charge in [0.1, 0.15) is 0 Å². The van der Waals surface area contributed by atoms with Crippen LogP contribution in [0, 0.1) is 27.7 Å². The van der Waals surface area contributed by atoms with E-state index in [0.717, 1.165) is 32.7 Å². The molecule has 1 aliphatic heterocycles. The van der Waals surface area contributed by atoms with Gasteiger partial charge in [0, 0.05) is 9.92 Å². The zero-order chi connectivity index (χ0) is 22.3. The maximum Gasteiger partial charge on any atom is 0.272 e. The largest absolute Gasteiger partial charge is 0.272 e. The second-order valence-corrected chi connectivity index (χ2v) is 9.39. The second kappa shape index (κ2) is 8.37. The van der Waals surface area contributed by atoms with Crippen LogP contribution in [0.25, 0.3) is 5.57 Å². The molecule has 0 saturated carbocycles. The topological polar surface area (TPSA) is 37.4 Å². The zero-order valence-corrected chi connectivity index (χ0v) is 19.4. The zero-order valence-electron chi connectivity index (χ0n) is 17.8. The average Bonchev–Trinajstić information content (AvgIpc) is 2.93.